The summed E-state index contributed by atoms with van der Waals surface area (Å²) in [4.78, 5) is 4.65. The van der Waals surface area contributed by atoms with E-state index in [1.165, 1.54) is 19.1 Å². The van der Waals surface area contributed by atoms with Crippen molar-refractivity contribution in [3.05, 3.63) is 34.3 Å². The van der Waals surface area contributed by atoms with Crippen molar-refractivity contribution < 1.29 is 26.4 Å². The zero-order valence-electron chi connectivity index (χ0n) is 11.1. The molecule has 0 fully saturated rings. The lowest BCUT2D eigenvalue weighted by Crippen LogP contribution is -2.12. The Bertz CT molecular complexity index is 688. The smallest absolute Gasteiger partial charge is 0.382 e. The molecule has 0 aromatic heterocycles. The molecule has 1 aromatic carbocycles. The van der Waals surface area contributed by atoms with Crippen LogP contribution < -0.4 is 0 Å². The maximum atomic E-state index is 12.8. The van der Waals surface area contributed by atoms with Crippen molar-refractivity contribution in [3.63, 3.8) is 0 Å². The summed E-state index contributed by atoms with van der Waals surface area (Å²) in [5.41, 5.74) is -0.899. The Kier molecular flexibility index (Phi) is 8.22. The molecule has 1 aromatic rings. The molecule has 5 nitrogen and oxygen atoms in total. The largest absolute Gasteiger partial charge is 0.417 e. The lowest BCUT2D eigenvalue weighted by atomic mass is 10.0. The van der Waals surface area contributed by atoms with Crippen LogP contribution >= 0.6 is 11.6 Å². The predicted octanol–water partition coefficient (Wildman–Crippen LogP) is 3.36. The fourth-order valence-electron chi connectivity index (χ4n) is 1.28. The van der Waals surface area contributed by atoms with Gasteiger partial charge in [0.15, 0.2) is 6.61 Å². The highest BCUT2D eigenvalue weighted by atomic mass is 35.5. The maximum absolute atomic E-state index is 12.8. The second-order valence-electron chi connectivity index (χ2n) is 3.58. The molecule has 0 saturated carbocycles. The van der Waals surface area contributed by atoms with Gasteiger partial charge in [-0.05, 0) is 25.1 Å². The molecule has 0 atom stereocenters. The van der Waals surface area contributed by atoms with Crippen LogP contribution in [0, 0.1) is 17.1 Å². The van der Waals surface area contributed by atoms with Gasteiger partial charge < -0.3 is 4.84 Å². The quantitative estimate of drug-likeness (QED) is 0.391. The van der Waals surface area contributed by atoms with Crippen LogP contribution in [0.3, 0.4) is 0 Å². The third kappa shape index (κ3) is 7.66. The maximum Gasteiger partial charge on any atom is 0.417 e. The lowest BCUT2D eigenvalue weighted by Gasteiger charge is -2.12. The summed E-state index contributed by atoms with van der Waals surface area (Å²) in [7, 11) is -2.61. The molecule has 0 aliphatic heterocycles. The van der Waals surface area contributed by atoms with E-state index in [0.29, 0.717) is 0 Å². The highest BCUT2D eigenvalue weighted by molar-refractivity contribution is 7.60. The van der Waals surface area contributed by atoms with Crippen LogP contribution in [0.4, 0.5) is 13.2 Å². The van der Waals surface area contributed by atoms with E-state index in [4.69, 9.17) is 31.2 Å². The summed E-state index contributed by atoms with van der Waals surface area (Å²) >= 11 is 5.68. The molecule has 0 heterocycles. The number of terminal acetylenes is 1. The van der Waals surface area contributed by atoms with Gasteiger partial charge in [0.1, 0.15) is 0 Å². The van der Waals surface area contributed by atoms with Crippen LogP contribution in [0.25, 0.3) is 0 Å². The molecule has 1 rings (SSSR count). The van der Waals surface area contributed by atoms with Crippen LogP contribution in [0.5, 0.6) is 0 Å². The summed E-state index contributed by atoms with van der Waals surface area (Å²) in [6, 6.07) is 3.25. The zero-order chi connectivity index (χ0) is 17.3. The van der Waals surface area contributed by atoms with Gasteiger partial charge in [0.05, 0.1) is 11.3 Å². The molecule has 120 valence electrons. The minimum Gasteiger partial charge on any atom is -0.382 e. The van der Waals surface area contributed by atoms with Crippen molar-refractivity contribution in [1.29, 1.82) is 4.78 Å². The standard InChI is InChI=1S/C12H9ClF3NO.HNO2S/c1-3-6-18-17-8(2)10-7-9(13)4-5-11(10)12(14,15)16;1-4(2)3/h1,4-5,7H,6H2,2H3;1H/b17-8+;. The van der Waals surface area contributed by atoms with E-state index in [1.54, 1.807) is 0 Å². The molecule has 0 aliphatic carbocycles. The average molecular weight is 355 g/mol. The van der Waals surface area contributed by atoms with Gasteiger partial charge in [-0.3, -0.25) is 0 Å². The Morgan fingerprint density at radius 2 is 2.05 bits per heavy atom. The number of halogens is 4. The zero-order valence-corrected chi connectivity index (χ0v) is 12.7. The molecule has 0 saturated heterocycles. The number of hydrogen-bond donors (Lipinski definition) is 1. The van der Waals surface area contributed by atoms with Gasteiger partial charge >= 0.3 is 16.7 Å². The SMILES string of the molecule is C#CCO/N=C(\C)c1cc(Cl)ccc1C(F)(F)F.N=S(=O)=O. The Morgan fingerprint density at radius 3 is 2.50 bits per heavy atom. The summed E-state index contributed by atoms with van der Waals surface area (Å²) in [6.07, 6.45) is 0.448. The minimum atomic E-state index is -4.48. The summed E-state index contributed by atoms with van der Waals surface area (Å²) < 4.78 is 61.1. The van der Waals surface area contributed by atoms with E-state index in [9.17, 15) is 13.2 Å². The molecule has 0 aliphatic rings. The number of nitrogens with one attached hydrogen (secondary N) is 1. The fraction of sp³-hybridized carbons (Fsp3) is 0.250. The predicted molar refractivity (Wildman–Crippen MR) is 75.1 cm³/mol. The van der Waals surface area contributed by atoms with Crippen LogP contribution in [0.1, 0.15) is 18.1 Å². The van der Waals surface area contributed by atoms with Crippen LogP contribution in [0.15, 0.2) is 23.4 Å². The first-order valence-corrected chi connectivity index (χ1v) is 6.82. The molecule has 0 radical (unpaired) electrons. The second kappa shape index (κ2) is 9.07. The number of benzene rings is 1. The number of hydrogen-bond acceptors (Lipinski definition) is 5. The highest BCUT2D eigenvalue weighted by Gasteiger charge is 2.34. The van der Waals surface area contributed by atoms with Gasteiger partial charge in [-0.25, -0.2) is 0 Å². The third-order valence-corrected chi connectivity index (χ3v) is 2.26. The Hall–Kier alpha value is -2.05. The highest BCUT2D eigenvalue weighted by Crippen LogP contribution is 2.33. The Labute approximate surface area is 131 Å². The van der Waals surface area contributed by atoms with Gasteiger partial charge in [-0.1, -0.05) is 22.7 Å². The van der Waals surface area contributed by atoms with Crippen molar-refractivity contribution in [1.82, 2.24) is 0 Å². The first-order chi connectivity index (χ1) is 10.1. The number of nitrogens with zero attached hydrogens (tertiary/aromatic N) is 1. The average Bonchev–Trinajstić information content (AvgIpc) is 2.36. The topological polar surface area (TPSA) is 79.6 Å². The van der Waals surface area contributed by atoms with Gasteiger partial charge in [-0.2, -0.15) is 26.4 Å². The molecule has 22 heavy (non-hydrogen) atoms. The van der Waals surface area contributed by atoms with E-state index in [1.807, 2.05) is 0 Å². The van der Waals surface area contributed by atoms with Gasteiger partial charge in [0.25, 0.3) is 0 Å². The molecule has 0 amide bonds. The van der Waals surface area contributed by atoms with Crippen LogP contribution in [-0.4, -0.2) is 20.7 Å². The van der Waals surface area contributed by atoms with Gasteiger partial charge in [0.2, 0.25) is 0 Å². The molecule has 1 N–H and O–H groups in total. The second-order valence-corrected chi connectivity index (χ2v) is 4.48. The molecule has 0 bridgehead atoms. The van der Waals surface area contributed by atoms with E-state index in [0.717, 1.165) is 6.07 Å². The monoisotopic (exact) mass is 354 g/mol. The first kappa shape index (κ1) is 19.9. The third-order valence-electron chi connectivity index (χ3n) is 2.03. The van der Waals surface area contributed by atoms with Crippen molar-refractivity contribution in [3.8, 4) is 12.3 Å². The Morgan fingerprint density at radius 1 is 1.50 bits per heavy atom. The lowest BCUT2D eigenvalue weighted by molar-refractivity contribution is -0.137. The molecular weight excluding hydrogens is 345 g/mol. The number of rotatable bonds is 3. The first-order valence-electron chi connectivity index (χ1n) is 5.37. The summed E-state index contributed by atoms with van der Waals surface area (Å²) in [5, 5.41) is 3.70. The summed E-state index contributed by atoms with van der Waals surface area (Å²) in [5.74, 6) is 2.15. The summed E-state index contributed by atoms with van der Waals surface area (Å²) in [6.45, 7) is 1.27. The van der Waals surface area contributed by atoms with Gasteiger partial charge in [0, 0.05) is 10.6 Å². The van der Waals surface area contributed by atoms with Crippen molar-refractivity contribution in [2.75, 3.05) is 6.61 Å². The minimum absolute atomic E-state index is 0.0556. The fourth-order valence-corrected chi connectivity index (χ4v) is 1.45. The molecule has 0 spiro atoms. The molecular formula is C12H10ClF3N2O3S. The van der Waals surface area contributed by atoms with Crippen molar-refractivity contribution in [2.45, 2.75) is 13.1 Å². The van der Waals surface area contributed by atoms with Gasteiger partial charge in [-0.15, -0.1) is 6.42 Å². The Balaban J connectivity index is 0.000000980. The van der Waals surface area contributed by atoms with Crippen molar-refractivity contribution in [2.24, 2.45) is 5.16 Å². The molecule has 10 heteroatoms. The van der Waals surface area contributed by atoms with Crippen LogP contribution in [-0.2, 0) is 21.5 Å². The van der Waals surface area contributed by atoms with E-state index >= 15 is 0 Å². The van der Waals surface area contributed by atoms with Crippen molar-refractivity contribution >= 4 is 27.8 Å². The normalized spacial score (nSPS) is 11.0. The van der Waals surface area contributed by atoms with E-state index in [-0.39, 0.29) is 22.9 Å². The van der Waals surface area contributed by atoms with E-state index in [2.05, 4.69) is 15.9 Å². The molecule has 0 unspecified atom stereocenters. The number of oxime groups is 1. The van der Waals surface area contributed by atoms with E-state index < -0.39 is 22.2 Å². The number of alkyl halides is 3. The van der Waals surface area contributed by atoms with Crippen LogP contribution in [0.2, 0.25) is 5.02 Å².